The van der Waals surface area contributed by atoms with Gasteiger partial charge in [-0.25, -0.2) is 0 Å². The molecular formula is C10H18N2S. The summed E-state index contributed by atoms with van der Waals surface area (Å²) in [6, 6.07) is 2.05. The summed E-state index contributed by atoms with van der Waals surface area (Å²) in [7, 11) is 0. The number of aryl methyl sites for hydroxylation is 2. The fraction of sp³-hybridized carbons (Fsp3) is 0.700. The van der Waals surface area contributed by atoms with E-state index in [4.69, 9.17) is 0 Å². The van der Waals surface area contributed by atoms with Gasteiger partial charge in [-0.05, 0) is 25.2 Å². The maximum absolute atomic E-state index is 4.33. The van der Waals surface area contributed by atoms with Gasteiger partial charge in [-0.2, -0.15) is 16.9 Å². The van der Waals surface area contributed by atoms with Crippen molar-refractivity contribution in [3.8, 4) is 0 Å². The van der Waals surface area contributed by atoms with Crippen LogP contribution in [0.1, 0.15) is 25.5 Å². The van der Waals surface area contributed by atoms with Crippen LogP contribution in [0.5, 0.6) is 0 Å². The van der Waals surface area contributed by atoms with Crippen LogP contribution in [0.3, 0.4) is 0 Å². The molecule has 0 saturated heterocycles. The molecule has 0 unspecified atom stereocenters. The standard InChI is InChI=1S/C10H18N2S/c1-3-4-8-13-9-7-12-6-5-10(2)11-12/h5-6H,3-4,7-9H2,1-2H3. The minimum atomic E-state index is 1.04. The van der Waals surface area contributed by atoms with Gasteiger partial charge in [0, 0.05) is 18.5 Å². The molecule has 0 fully saturated rings. The molecule has 0 amide bonds. The Labute approximate surface area is 84.7 Å². The van der Waals surface area contributed by atoms with E-state index in [1.807, 2.05) is 23.4 Å². The van der Waals surface area contributed by atoms with Crippen LogP contribution in [0, 0.1) is 6.92 Å². The third kappa shape index (κ3) is 4.36. The van der Waals surface area contributed by atoms with Crippen LogP contribution < -0.4 is 0 Å². The van der Waals surface area contributed by atoms with Gasteiger partial charge >= 0.3 is 0 Å². The number of unbranched alkanes of at least 4 members (excludes halogenated alkanes) is 1. The molecule has 0 N–H and O–H groups in total. The van der Waals surface area contributed by atoms with Gasteiger partial charge in [0.25, 0.3) is 0 Å². The van der Waals surface area contributed by atoms with Crippen molar-refractivity contribution in [1.82, 2.24) is 9.78 Å². The first-order valence-corrected chi connectivity index (χ1v) is 6.06. The zero-order valence-corrected chi connectivity index (χ0v) is 9.31. The lowest BCUT2D eigenvalue weighted by atomic mass is 10.4. The average Bonchev–Trinajstić information content (AvgIpc) is 2.51. The summed E-state index contributed by atoms with van der Waals surface area (Å²) < 4.78 is 2.02. The summed E-state index contributed by atoms with van der Waals surface area (Å²) in [4.78, 5) is 0. The number of nitrogens with zero attached hydrogens (tertiary/aromatic N) is 2. The molecule has 0 atom stereocenters. The number of rotatable bonds is 6. The normalized spacial score (nSPS) is 10.6. The van der Waals surface area contributed by atoms with Gasteiger partial charge in [-0.1, -0.05) is 13.3 Å². The molecule has 1 rings (SSSR count). The highest BCUT2D eigenvalue weighted by Crippen LogP contribution is 2.05. The zero-order valence-electron chi connectivity index (χ0n) is 8.49. The Morgan fingerprint density at radius 2 is 2.31 bits per heavy atom. The van der Waals surface area contributed by atoms with E-state index < -0.39 is 0 Å². The summed E-state index contributed by atoms with van der Waals surface area (Å²) in [6.45, 7) is 5.31. The van der Waals surface area contributed by atoms with Gasteiger partial charge in [0.1, 0.15) is 0 Å². The third-order valence-corrected chi connectivity index (χ3v) is 2.93. The highest BCUT2D eigenvalue weighted by Gasteiger charge is 1.93. The van der Waals surface area contributed by atoms with Crippen LogP contribution >= 0.6 is 11.8 Å². The summed E-state index contributed by atoms with van der Waals surface area (Å²) in [5.74, 6) is 2.47. The van der Waals surface area contributed by atoms with Crippen molar-refractivity contribution in [3.63, 3.8) is 0 Å². The Morgan fingerprint density at radius 3 is 2.92 bits per heavy atom. The molecule has 3 heteroatoms. The molecule has 1 heterocycles. The Bertz CT molecular complexity index is 233. The highest BCUT2D eigenvalue weighted by molar-refractivity contribution is 7.99. The van der Waals surface area contributed by atoms with Crippen LogP contribution in [-0.4, -0.2) is 21.3 Å². The molecular weight excluding hydrogens is 180 g/mol. The third-order valence-electron chi connectivity index (χ3n) is 1.88. The van der Waals surface area contributed by atoms with E-state index in [1.165, 1.54) is 24.3 Å². The molecule has 13 heavy (non-hydrogen) atoms. The Balaban J connectivity index is 2.06. The monoisotopic (exact) mass is 198 g/mol. The van der Waals surface area contributed by atoms with Crippen molar-refractivity contribution in [3.05, 3.63) is 18.0 Å². The smallest absolute Gasteiger partial charge is 0.0593 e. The van der Waals surface area contributed by atoms with Gasteiger partial charge in [-0.15, -0.1) is 0 Å². The van der Waals surface area contributed by atoms with Crippen molar-refractivity contribution in [2.75, 3.05) is 11.5 Å². The zero-order chi connectivity index (χ0) is 9.52. The van der Waals surface area contributed by atoms with E-state index in [9.17, 15) is 0 Å². The van der Waals surface area contributed by atoms with Gasteiger partial charge in [0.15, 0.2) is 0 Å². The lowest BCUT2D eigenvalue weighted by molar-refractivity contribution is 0.659. The van der Waals surface area contributed by atoms with Crippen LogP contribution in [0.2, 0.25) is 0 Å². The quantitative estimate of drug-likeness (QED) is 0.654. The van der Waals surface area contributed by atoms with E-state index in [0.717, 1.165) is 12.2 Å². The SMILES string of the molecule is CCCCSCCn1ccc(C)n1. The van der Waals surface area contributed by atoms with Crippen LogP contribution in [0.4, 0.5) is 0 Å². The predicted molar refractivity (Wildman–Crippen MR) is 59.2 cm³/mol. The molecule has 0 bridgehead atoms. The van der Waals surface area contributed by atoms with Crippen molar-refractivity contribution in [2.45, 2.75) is 33.2 Å². The predicted octanol–water partition coefficient (Wildman–Crippen LogP) is 2.72. The second kappa shape index (κ2) is 6.08. The summed E-state index contributed by atoms with van der Waals surface area (Å²) >= 11 is 2.02. The van der Waals surface area contributed by atoms with E-state index in [0.29, 0.717) is 0 Å². The molecule has 0 aromatic carbocycles. The molecule has 2 nitrogen and oxygen atoms in total. The van der Waals surface area contributed by atoms with E-state index in [2.05, 4.69) is 24.3 Å². The van der Waals surface area contributed by atoms with Crippen molar-refractivity contribution in [1.29, 1.82) is 0 Å². The molecule has 0 aliphatic rings. The molecule has 0 aliphatic carbocycles. The molecule has 0 radical (unpaired) electrons. The van der Waals surface area contributed by atoms with E-state index in [-0.39, 0.29) is 0 Å². The molecule has 1 aromatic heterocycles. The van der Waals surface area contributed by atoms with Gasteiger partial charge in [-0.3, -0.25) is 4.68 Å². The summed E-state index contributed by atoms with van der Waals surface area (Å²) in [5, 5.41) is 4.33. The van der Waals surface area contributed by atoms with Crippen LogP contribution in [0.15, 0.2) is 12.3 Å². The number of aromatic nitrogens is 2. The van der Waals surface area contributed by atoms with E-state index in [1.54, 1.807) is 0 Å². The molecule has 1 aromatic rings. The first-order chi connectivity index (χ1) is 6.33. The minimum Gasteiger partial charge on any atom is -0.272 e. The maximum atomic E-state index is 4.33. The fourth-order valence-corrected chi connectivity index (χ4v) is 2.11. The largest absolute Gasteiger partial charge is 0.272 e. The lowest BCUT2D eigenvalue weighted by Crippen LogP contribution is -2.01. The van der Waals surface area contributed by atoms with Crippen molar-refractivity contribution < 1.29 is 0 Å². The number of hydrogen-bond donors (Lipinski definition) is 0. The Morgan fingerprint density at radius 1 is 1.46 bits per heavy atom. The van der Waals surface area contributed by atoms with Crippen molar-refractivity contribution >= 4 is 11.8 Å². The molecule has 0 aliphatic heterocycles. The highest BCUT2D eigenvalue weighted by atomic mass is 32.2. The Kier molecular flexibility index (Phi) is 4.98. The summed E-state index contributed by atoms with van der Waals surface area (Å²) in [5.41, 5.74) is 1.11. The second-order valence-electron chi connectivity index (χ2n) is 3.19. The van der Waals surface area contributed by atoms with Gasteiger partial charge in [0.05, 0.1) is 5.69 Å². The second-order valence-corrected chi connectivity index (χ2v) is 4.41. The maximum Gasteiger partial charge on any atom is 0.0593 e. The minimum absolute atomic E-state index is 1.04. The van der Waals surface area contributed by atoms with Gasteiger partial charge < -0.3 is 0 Å². The molecule has 0 spiro atoms. The Hall–Kier alpha value is -0.440. The first-order valence-electron chi connectivity index (χ1n) is 4.90. The first kappa shape index (κ1) is 10.6. The van der Waals surface area contributed by atoms with Gasteiger partial charge in [0.2, 0.25) is 0 Å². The number of thioether (sulfide) groups is 1. The lowest BCUT2D eigenvalue weighted by Gasteiger charge is -2.00. The van der Waals surface area contributed by atoms with Crippen LogP contribution in [-0.2, 0) is 6.54 Å². The molecule has 0 saturated carbocycles. The number of hydrogen-bond acceptors (Lipinski definition) is 2. The average molecular weight is 198 g/mol. The molecule has 74 valence electrons. The summed E-state index contributed by atoms with van der Waals surface area (Å²) in [6.07, 6.45) is 4.69. The van der Waals surface area contributed by atoms with Crippen LogP contribution in [0.25, 0.3) is 0 Å². The fourth-order valence-electron chi connectivity index (χ4n) is 1.09. The van der Waals surface area contributed by atoms with E-state index >= 15 is 0 Å². The topological polar surface area (TPSA) is 17.8 Å². The van der Waals surface area contributed by atoms with Crippen molar-refractivity contribution in [2.24, 2.45) is 0 Å².